The van der Waals surface area contributed by atoms with Gasteiger partial charge in [-0.25, -0.2) is 0 Å². The lowest BCUT2D eigenvalue weighted by Crippen LogP contribution is -2.08. The first-order chi connectivity index (χ1) is 27.8. The minimum Gasteiger partial charge on any atom is -0.505 e. The number of ether oxygens (including phenoxy) is 1. The summed E-state index contributed by atoms with van der Waals surface area (Å²) in [5.74, 6) is -1.60. The first-order valence-corrected chi connectivity index (χ1v) is 22.8. The van der Waals surface area contributed by atoms with Crippen LogP contribution in [0.2, 0.25) is 0 Å². The Morgan fingerprint density at radius 2 is 1.39 bits per heavy atom. The van der Waals surface area contributed by atoms with Gasteiger partial charge in [0.05, 0.1) is 34.8 Å². The Labute approximate surface area is 342 Å². The zero-order valence-corrected chi connectivity index (χ0v) is 34.2. The number of benzene rings is 4. The highest BCUT2D eigenvalue weighted by Crippen LogP contribution is 2.43. The van der Waals surface area contributed by atoms with Gasteiger partial charge in [-0.2, -0.15) is 35.0 Å². The molecule has 27 heteroatoms. The molecule has 0 saturated heterocycles. The number of fused-ring (bicyclic) bond motifs is 1. The molecule has 6 rings (SSSR count). The maximum atomic E-state index is 12.7. The summed E-state index contributed by atoms with van der Waals surface area (Å²) in [4.78, 5) is -1.14. The fraction of sp³-hybridized carbons (Fsp3) is 0.156. The Bertz CT molecular complexity index is 3010. The lowest BCUT2D eigenvalue weighted by atomic mass is 10.1. The van der Waals surface area contributed by atoms with Gasteiger partial charge in [-0.3, -0.25) is 13.7 Å². The molecule has 0 aliphatic carbocycles. The molecule has 0 saturated carbocycles. The monoisotopic (exact) mass is 904 g/mol. The smallest absolute Gasteiger partial charge is 0.297 e. The lowest BCUT2D eigenvalue weighted by molar-refractivity contribution is 0.317. The summed E-state index contributed by atoms with van der Waals surface area (Å²) in [6.45, 7) is 1.54. The fourth-order valence-corrected chi connectivity index (χ4v) is 8.02. The van der Waals surface area contributed by atoms with E-state index in [1.807, 2.05) is 6.26 Å². The minimum absolute atomic E-state index is 0.0767. The van der Waals surface area contributed by atoms with Gasteiger partial charge in [0.25, 0.3) is 35.5 Å². The van der Waals surface area contributed by atoms with Crippen molar-refractivity contribution < 1.29 is 53.9 Å². The van der Waals surface area contributed by atoms with E-state index in [0.717, 1.165) is 29.1 Å². The highest BCUT2D eigenvalue weighted by Gasteiger charge is 2.23. The maximum absolute atomic E-state index is 12.7. The zero-order valence-electron chi connectivity index (χ0n) is 30.1. The molecule has 2 aromatic heterocycles. The summed E-state index contributed by atoms with van der Waals surface area (Å²) in [7, 11) is -13.8. The van der Waals surface area contributed by atoms with E-state index in [-0.39, 0.29) is 52.3 Å². The van der Waals surface area contributed by atoms with Gasteiger partial charge in [-0.1, -0.05) is 29.2 Å². The van der Waals surface area contributed by atoms with E-state index in [0.29, 0.717) is 20.7 Å². The van der Waals surface area contributed by atoms with Crippen LogP contribution in [0.15, 0.2) is 112 Å². The lowest BCUT2D eigenvalue weighted by Gasteiger charge is -2.11. The molecule has 0 spiro atoms. The minimum atomic E-state index is -5.04. The largest absolute Gasteiger partial charge is 0.505 e. The molecule has 4 aromatic carbocycles. The number of hydrogen-bond acceptors (Lipinski definition) is 20. The van der Waals surface area contributed by atoms with E-state index >= 15 is 0 Å². The predicted octanol–water partition coefficient (Wildman–Crippen LogP) is 7.71. The van der Waals surface area contributed by atoms with Crippen molar-refractivity contribution in [1.82, 2.24) is 20.0 Å². The third kappa shape index (κ3) is 10.3. The number of hydrogen-bond donors (Lipinski definition) is 5. The number of rotatable bonds is 15. The highest BCUT2D eigenvalue weighted by molar-refractivity contribution is 8.00. The van der Waals surface area contributed by atoms with Crippen LogP contribution in [0.4, 0.5) is 33.6 Å². The number of azo groups is 3. The van der Waals surface area contributed by atoms with E-state index in [1.165, 1.54) is 65.6 Å². The number of aryl methyl sites for hydroxylation is 1. The Balaban J connectivity index is 1.31. The number of nitrogens with zero attached hydrogens (tertiary/aromatic N) is 10. The second-order valence-electron chi connectivity index (χ2n) is 11.9. The quantitative estimate of drug-likeness (QED) is 0.0285. The molecular weight excluding hydrogens is 877 g/mol. The van der Waals surface area contributed by atoms with Gasteiger partial charge in [-0.15, -0.1) is 40.9 Å². The van der Waals surface area contributed by atoms with Crippen molar-refractivity contribution in [2.75, 3.05) is 18.6 Å². The van der Waals surface area contributed by atoms with Crippen molar-refractivity contribution in [3.63, 3.8) is 0 Å². The molecule has 0 aliphatic rings. The first kappa shape index (κ1) is 42.8. The van der Waals surface area contributed by atoms with Crippen LogP contribution in [0.3, 0.4) is 0 Å². The molecule has 6 aromatic rings. The molecule has 0 aliphatic heterocycles. The first-order valence-electron chi connectivity index (χ1n) is 16.3. The zero-order chi connectivity index (χ0) is 42.7. The number of aromatic hydroxyl groups is 2. The molecule has 59 heavy (non-hydrogen) atoms. The summed E-state index contributed by atoms with van der Waals surface area (Å²) in [5.41, 5.74) is 0.397. The van der Waals surface area contributed by atoms with Crippen molar-refractivity contribution in [1.29, 1.82) is 0 Å². The van der Waals surface area contributed by atoms with Crippen molar-refractivity contribution >= 4 is 97.8 Å². The summed E-state index contributed by atoms with van der Waals surface area (Å²) in [5, 5.41) is 58.2. The van der Waals surface area contributed by atoms with Crippen LogP contribution in [-0.2, 0) is 30.4 Å². The summed E-state index contributed by atoms with van der Waals surface area (Å²) < 4.78 is 106. The number of phenols is 1. The third-order valence-electron chi connectivity index (χ3n) is 7.87. The van der Waals surface area contributed by atoms with Gasteiger partial charge in [0, 0.05) is 16.8 Å². The predicted molar refractivity (Wildman–Crippen MR) is 212 cm³/mol. The Kier molecular flexibility index (Phi) is 12.5. The van der Waals surface area contributed by atoms with Crippen molar-refractivity contribution in [3.05, 3.63) is 72.4 Å². The summed E-state index contributed by atoms with van der Waals surface area (Å²) >= 11 is 2.61. The van der Waals surface area contributed by atoms with Crippen molar-refractivity contribution in [3.8, 4) is 23.1 Å². The number of thioether (sulfide) groups is 1. The van der Waals surface area contributed by atoms with Gasteiger partial charge in [0.2, 0.25) is 5.88 Å². The molecule has 308 valence electrons. The number of phenolic OH excluding ortho intramolecular Hbond substituents is 1. The van der Waals surface area contributed by atoms with Crippen LogP contribution in [-0.4, -0.2) is 87.7 Å². The standard InChI is InChI=1S/C32H28N10O12S5/c1-17-14-25(27(54-12-3-13-57(45,46)47)15-24(17)36-39-31-40-41-32(55-2)56-31)37-34-22-10-9-21-20(28(22)43)8-11-23(29(21)59(51,52)53)35-38-26-16-33-42(30(26)44)18-4-6-19(7-5-18)58(48,49)50/h4-11,14-16,43-44H,3,12-13H2,1-2H3,(H,45,46,47)(H,48,49,50)(H,51,52,53). The average molecular weight is 905 g/mol. The van der Waals surface area contributed by atoms with Crippen LogP contribution in [0.25, 0.3) is 16.5 Å². The molecule has 0 fully saturated rings. The maximum Gasteiger partial charge on any atom is 0.297 e. The van der Waals surface area contributed by atoms with Gasteiger partial charge >= 0.3 is 0 Å². The average Bonchev–Trinajstić information content (AvgIpc) is 3.79. The van der Waals surface area contributed by atoms with Gasteiger partial charge in [0.1, 0.15) is 27.7 Å². The Morgan fingerprint density at radius 3 is 2.05 bits per heavy atom. The number of aromatic nitrogens is 4. The fourth-order valence-electron chi connectivity index (χ4n) is 5.15. The van der Waals surface area contributed by atoms with E-state index < -0.39 is 63.2 Å². The second-order valence-corrected chi connectivity index (χ2v) is 18.3. The van der Waals surface area contributed by atoms with Crippen molar-refractivity contribution in [2.45, 2.75) is 27.5 Å². The molecular formula is C32H28N10O12S5. The summed E-state index contributed by atoms with van der Waals surface area (Å²) in [6.07, 6.45) is 2.83. The molecule has 22 nitrogen and oxygen atoms in total. The van der Waals surface area contributed by atoms with Gasteiger partial charge in [-0.05, 0) is 73.7 Å². The Morgan fingerprint density at radius 1 is 0.746 bits per heavy atom. The van der Waals surface area contributed by atoms with Crippen LogP contribution in [0.5, 0.6) is 17.4 Å². The third-order valence-corrected chi connectivity index (χ3v) is 12.3. The molecule has 5 N–H and O–H groups in total. The molecule has 0 unspecified atom stereocenters. The summed E-state index contributed by atoms with van der Waals surface area (Å²) in [6, 6.07) is 12.5. The van der Waals surface area contributed by atoms with E-state index in [2.05, 4.69) is 46.0 Å². The van der Waals surface area contributed by atoms with E-state index in [9.17, 15) is 44.6 Å². The molecule has 0 amide bonds. The van der Waals surface area contributed by atoms with Gasteiger partial charge < -0.3 is 14.9 Å². The second kappa shape index (κ2) is 17.2. The van der Waals surface area contributed by atoms with Crippen molar-refractivity contribution in [2.24, 2.45) is 30.7 Å². The molecule has 0 atom stereocenters. The highest BCUT2D eigenvalue weighted by atomic mass is 32.2. The molecule has 0 bridgehead atoms. The van der Waals surface area contributed by atoms with Gasteiger partial charge in [0.15, 0.2) is 15.8 Å². The van der Waals surface area contributed by atoms with Crippen LogP contribution >= 0.6 is 23.1 Å². The molecule has 2 heterocycles. The van der Waals surface area contributed by atoms with Crippen LogP contribution < -0.4 is 4.74 Å². The normalized spacial score (nSPS) is 12.8. The molecule has 0 radical (unpaired) electrons. The van der Waals surface area contributed by atoms with Crippen LogP contribution in [0, 0.1) is 6.92 Å². The van der Waals surface area contributed by atoms with E-state index in [1.54, 1.807) is 6.92 Å². The topological polar surface area (TPSA) is 331 Å². The van der Waals surface area contributed by atoms with Crippen LogP contribution in [0.1, 0.15) is 12.0 Å². The SMILES string of the molecule is CSc1nnc(N=Nc2cc(OCCCS(=O)(=O)O)c(N=Nc3ccc4c(S(=O)(=O)O)c(N=Nc5cnn(-c6ccc(S(=O)(=O)O)cc6)c5O)ccc4c3O)cc2C)s1. The van der Waals surface area contributed by atoms with E-state index in [4.69, 9.17) is 9.29 Å². The Hall–Kier alpha value is -5.81.